The van der Waals surface area contributed by atoms with Crippen molar-refractivity contribution in [2.45, 2.75) is 13.8 Å². The number of aromatic nitrogens is 10. The molecule has 2 fully saturated rings. The Hall–Kier alpha value is -8.98. The second-order valence-electron chi connectivity index (χ2n) is 16.9. The fourth-order valence-corrected chi connectivity index (χ4v) is 8.43. The summed E-state index contributed by atoms with van der Waals surface area (Å²) in [6, 6.07) is 35.2. The molecule has 2 aliphatic rings. The lowest BCUT2D eigenvalue weighted by molar-refractivity contribution is 0.0651. The number of piperazine rings is 2. The van der Waals surface area contributed by atoms with Crippen molar-refractivity contribution < 1.29 is 32.8 Å². The van der Waals surface area contributed by atoms with E-state index in [4.69, 9.17) is 18.7 Å². The molecule has 2 saturated heterocycles. The van der Waals surface area contributed by atoms with Gasteiger partial charge in [0.15, 0.2) is 0 Å². The molecule has 0 bridgehead atoms. The minimum absolute atomic E-state index is 0.149. The van der Waals surface area contributed by atoms with Crippen LogP contribution in [-0.4, -0.2) is 124 Å². The number of nitrogens with one attached hydrogen (secondary N) is 1. The van der Waals surface area contributed by atoms with Gasteiger partial charge in [-0.1, -0.05) is 106 Å². The second-order valence-corrected chi connectivity index (χ2v) is 16.9. The van der Waals surface area contributed by atoms with E-state index >= 15 is 0 Å². The quantitative estimate of drug-likeness (QED) is 0.157. The third-order valence-corrected chi connectivity index (χ3v) is 12.2. The van der Waals surface area contributed by atoms with Crippen molar-refractivity contribution in [1.29, 1.82) is 0 Å². The molecule has 21 heteroatoms. The largest absolute Gasteiger partial charge is 0.475 e. The van der Waals surface area contributed by atoms with E-state index in [9.17, 15) is 9.59 Å². The van der Waals surface area contributed by atoms with Gasteiger partial charge in [0.05, 0.1) is 22.4 Å². The molecule has 21 nitrogen and oxygen atoms in total. The van der Waals surface area contributed by atoms with Crippen LogP contribution < -0.4 is 15.1 Å². The highest BCUT2D eigenvalue weighted by molar-refractivity contribution is 5.93. The lowest BCUT2D eigenvalue weighted by Gasteiger charge is -2.32. The normalized spacial score (nSPS) is 13.8. The van der Waals surface area contributed by atoms with E-state index in [0.717, 1.165) is 81.6 Å². The summed E-state index contributed by atoms with van der Waals surface area (Å²) < 4.78 is 24.7. The number of anilines is 2. The minimum atomic E-state index is -1.11. The molecule has 0 atom stereocenters. The molecule has 0 saturated carbocycles. The van der Waals surface area contributed by atoms with Crippen LogP contribution in [-0.2, 0) is 14.1 Å². The summed E-state index contributed by atoms with van der Waals surface area (Å²) in [7, 11) is 3.87. The molecule has 4 aromatic carbocycles. The van der Waals surface area contributed by atoms with Gasteiger partial charge in [0, 0.05) is 112 Å². The molecule has 2 aliphatic heterocycles. The van der Waals surface area contributed by atoms with Crippen molar-refractivity contribution >= 4 is 45.7 Å². The Kier molecular flexibility index (Phi) is 12.9. The van der Waals surface area contributed by atoms with Crippen LogP contribution in [0.25, 0.3) is 67.1 Å². The topological polar surface area (TPSA) is 242 Å². The number of carboxylic acids is 1. The molecule has 8 heterocycles. The molecule has 0 unspecified atom stereocenters. The Morgan fingerprint density at radius 2 is 1.00 bits per heavy atom. The van der Waals surface area contributed by atoms with Crippen LogP contribution in [0, 0.1) is 13.8 Å². The Labute approximate surface area is 405 Å². The van der Waals surface area contributed by atoms with Crippen LogP contribution in [0.3, 0.4) is 0 Å². The Bertz CT molecular complexity index is 3450. The first-order chi connectivity index (χ1) is 34.6. The first-order valence-electron chi connectivity index (χ1n) is 22.9. The molecule has 0 spiro atoms. The summed E-state index contributed by atoms with van der Waals surface area (Å²) in [4.78, 5) is 38.4. The number of carbonyl (C=O) groups is 2. The maximum Gasteiger partial charge on any atom is 0.374 e. The number of hydrogen-bond acceptors (Lipinski definition) is 17. The second kappa shape index (κ2) is 19.9. The predicted molar refractivity (Wildman–Crippen MR) is 262 cm³/mol. The summed E-state index contributed by atoms with van der Waals surface area (Å²) in [5.74, 6) is -0.0596. The molecule has 2 N–H and O–H groups in total. The Balaban J connectivity index is 0.000000137. The molecule has 71 heavy (non-hydrogen) atoms. The van der Waals surface area contributed by atoms with Crippen LogP contribution in [0.1, 0.15) is 32.5 Å². The predicted octanol–water partition coefficient (Wildman–Crippen LogP) is 6.93. The van der Waals surface area contributed by atoms with Gasteiger partial charge in [0.1, 0.15) is 11.4 Å². The zero-order valence-corrected chi connectivity index (χ0v) is 39.3. The van der Waals surface area contributed by atoms with E-state index in [1.54, 1.807) is 11.0 Å². The maximum absolute atomic E-state index is 12.9. The zero-order chi connectivity index (χ0) is 49.0. The van der Waals surface area contributed by atoms with E-state index in [0.29, 0.717) is 61.2 Å². The summed E-state index contributed by atoms with van der Waals surface area (Å²) in [5.41, 5.74) is 8.83. The average molecular weight is 957 g/mol. The number of fused-ring (bicyclic) bond motifs is 2. The molecule has 10 aromatic rings. The van der Waals surface area contributed by atoms with Crippen LogP contribution in [0.2, 0.25) is 0 Å². The molecule has 1 amide bonds. The highest BCUT2D eigenvalue weighted by atomic mass is 16.5. The summed E-state index contributed by atoms with van der Waals surface area (Å²) in [6.45, 7) is 9.85. The maximum atomic E-state index is 12.9. The first-order valence-corrected chi connectivity index (χ1v) is 22.9. The van der Waals surface area contributed by atoms with Gasteiger partial charge in [-0.2, -0.15) is 20.2 Å². The number of hydrogen-bond donors (Lipinski definition) is 2. The molecule has 0 radical (unpaired) electrons. The lowest BCUT2D eigenvalue weighted by atomic mass is 10.1. The molecule has 6 aromatic heterocycles. The summed E-state index contributed by atoms with van der Waals surface area (Å²) >= 11 is 0. The number of rotatable bonds is 8. The third-order valence-electron chi connectivity index (χ3n) is 12.2. The van der Waals surface area contributed by atoms with E-state index in [1.807, 2.05) is 127 Å². The minimum Gasteiger partial charge on any atom is -0.475 e. The number of nitrogens with zero attached hydrogens (tertiary/aromatic N) is 13. The SMILES string of the molecule is Cc1nn(C)c2cc(-c3noc(N4CCN(C(=O)c5cc(-c6ccccc6)no5)CC4)n3)ccc12.Cc1nn(C)c2cc(-c3noc(N4CCNCC4)n3)ccc12.O=C(O)c1cc(-c2ccccc2)no1. The first kappa shape index (κ1) is 45.8. The van der Waals surface area contributed by atoms with Crippen molar-refractivity contribution in [3.8, 4) is 45.3 Å². The van der Waals surface area contributed by atoms with Gasteiger partial charge in [-0.25, -0.2) is 4.79 Å². The van der Waals surface area contributed by atoms with Crippen molar-refractivity contribution in [1.82, 2.24) is 60.4 Å². The highest BCUT2D eigenvalue weighted by Crippen LogP contribution is 2.28. The van der Waals surface area contributed by atoms with Gasteiger partial charge in [0.2, 0.25) is 23.2 Å². The van der Waals surface area contributed by atoms with Crippen molar-refractivity contribution in [3.05, 3.63) is 132 Å². The van der Waals surface area contributed by atoms with E-state index in [2.05, 4.69) is 67.7 Å². The number of carbonyl (C=O) groups excluding carboxylic acids is 1. The fourth-order valence-electron chi connectivity index (χ4n) is 8.43. The van der Waals surface area contributed by atoms with Gasteiger partial charge in [0.25, 0.3) is 5.91 Å². The number of aryl methyl sites for hydroxylation is 4. The van der Waals surface area contributed by atoms with Gasteiger partial charge in [-0.05, 0) is 26.0 Å². The summed E-state index contributed by atoms with van der Waals surface area (Å²) in [6.07, 6.45) is 0. The Morgan fingerprint density at radius 1 is 0.535 bits per heavy atom. The molecular weight excluding hydrogens is 909 g/mol. The zero-order valence-electron chi connectivity index (χ0n) is 39.3. The number of benzene rings is 4. The van der Waals surface area contributed by atoms with Crippen molar-refractivity contribution in [2.24, 2.45) is 14.1 Å². The smallest absolute Gasteiger partial charge is 0.374 e. The van der Waals surface area contributed by atoms with Gasteiger partial charge < -0.3 is 43.2 Å². The number of aromatic carboxylic acids is 1. The van der Waals surface area contributed by atoms with Crippen molar-refractivity contribution in [3.63, 3.8) is 0 Å². The average Bonchev–Trinajstić information content (AvgIpc) is 4.30. The van der Waals surface area contributed by atoms with Gasteiger partial charge >= 0.3 is 18.0 Å². The molecule has 360 valence electrons. The lowest BCUT2D eigenvalue weighted by Crippen LogP contribution is -2.48. The molecule has 0 aliphatic carbocycles. The van der Waals surface area contributed by atoms with Crippen LogP contribution in [0.15, 0.2) is 127 Å². The highest BCUT2D eigenvalue weighted by Gasteiger charge is 2.28. The number of amides is 1. The summed E-state index contributed by atoms with van der Waals surface area (Å²) in [5, 5.41) is 39.1. The standard InChI is InChI=1S/C25H23N7O3.C15H18N6O.C10H7NO3/c1-16-19-9-8-18(14-21(19)30(2)27-16)23-26-25(35-29-23)32-12-10-31(11-13-32)24(33)22-15-20(28-34-22)17-6-4-3-5-7-17;1-10-12-4-3-11(9-13(12)20(2)18-10)14-17-15(22-19-14)21-7-5-16-6-8-21;12-10(13)9-6-8(11-14-9)7-4-2-1-3-5-7/h3-9,14-15H,10-13H2,1-2H3;3-4,9,16H,5-8H2,1-2H3;1-6H,(H,12,13). The van der Waals surface area contributed by atoms with E-state index in [1.165, 1.54) is 6.07 Å². The van der Waals surface area contributed by atoms with Crippen LogP contribution >= 0.6 is 0 Å². The van der Waals surface area contributed by atoms with E-state index < -0.39 is 5.97 Å². The fraction of sp³-hybridized carbons (Fsp3) is 0.240. The van der Waals surface area contributed by atoms with E-state index in [-0.39, 0.29) is 17.4 Å². The monoisotopic (exact) mass is 956 g/mol. The number of carboxylic acid groups (broad SMARTS) is 1. The van der Waals surface area contributed by atoms with Crippen molar-refractivity contribution in [2.75, 3.05) is 62.2 Å². The Morgan fingerprint density at radius 3 is 1.48 bits per heavy atom. The molecular formula is C50H48N14O7. The van der Waals surface area contributed by atoms with Crippen LogP contribution in [0.4, 0.5) is 12.0 Å². The molecule has 12 rings (SSSR count). The van der Waals surface area contributed by atoms with Gasteiger partial charge in [-0.15, -0.1) is 0 Å². The van der Waals surface area contributed by atoms with Gasteiger partial charge in [-0.3, -0.25) is 14.2 Å². The van der Waals surface area contributed by atoms with Crippen LogP contribution in [0.5, 0.6) is 0 Å². The third kappa shape index (κ3) is 9.83.